The number of hydrogen-bond donors (Lipinski definition) is 1. The number of aliphatic hydroxyl groups is 1. The highest BCUT2D eigenvalue weighted by molar-refractivity contribution is 6.18. The third-order valence-corrected chi connectivity index (χ3v) is 8.56. The SMILES string of the molecule is COCCOCCOCCOc1ccc2cc3c(cc2c1)oc1cc2c(cc13)oc1cc3cc(COCCOCCOCCO)ccc3cc12. The third kappa shape index (κ3) is 8.03. The maximum Gasteiger partial charge on any atom is 0.136 e. The zero-order valence-electron chi connectivity index (χ0n) is 28.2. The van der Waals surface area contributed by atoms with E-state index >= 15 is 0 Å². The summed E-state index contributed by atoms with van der Waals surface area (Å²) in [6, 6.07) is 25.1. The highest BCUT2D eigenvalue weighted by Gasteiger charge is 2.15. The number of rotatable bonds is 20. The lowest BCUT2D eigenvalue weighted by Crippen LogP contribution is -2.12. The maximum atomic E-state index is 8.73. The summed E-state index contributed by atoms with van der Waals surface area (Å²) < 4.78 is 51.3. The first kappa shape index (κ1) is 34.2. The minimum absolute atomic E-state index is 0.0194. The molecule has 0 aliphatic carbocycles. The van der Waals surface area contributed by atoms with Gasteiger partial charge in [-0.15, -0.1) is 0 Å². The first-order valence-corrected chi connectivity index (χ1v) is 17.0. The topological polar surface area (TPSA) is 111 Å². The van der Waals surface area contributed by atoms with Gasteiger partial charge in [-0.05, 0) is 81.7 Å². The molecule has 5 aromatic carbocycles. The van der Waals surface area contributed by atoms with Crippen LogP contribution < -0.4 is 4.74 Å². The van der Waals surface area contributed by atoms with Crippen molar-refractivity contribution in [3.63, 3.8) is 0 Å². The second-order valence-electron chi connectivity index (χ2n) is 12.0. The molecule has 7 aromatic rings. The molecule has 0 atom stereocenters. The Morgan fingerprint density at radius 2 is 0.960 bits per heavy atom. The summed E-state index contributed by atoms with van der Waals surface area (Å²) in [5, 5.41) is 17.2. The summed E-state index contributed by atoms with van der Waals surface area (Å²) in [7, 11) is 1.65. The van der Waals surface area contributed by atoms with Gasteiger partial charge >= 0.3 is 0 Å². The minimum atomic E-state index is 0.0194. The van der Waals surface area contributed by atoms with Gasteiger partial charge in [0.25, 0.3) is 0 Å². The molecule has 10 heteroatoms. The Morgan fingerprint density at radius 3 is 1.58 bits per heavy atom. The zero-order chi connectivity index (χ0) is 34.1. The monoisotopic (exact) mass is 682 g/mol. The van der Waals surface area contributed by atoms with E-state index in [9.17, 15) is 0 Å². The van der Waals surface area contributed by atoms with Crippen LogP contribution in [0.3, 0.4) is 0 Å². The smallest absolute Gasteiger partial charge is 0.136 e. The van der Waals surface area contributed by atoms with Crippen molar-refractivity contribution in [2.75, 3.05) is 86.4 Å². The average Bonchev–Trinajstić information content (AvgIpc) is 3.66. The third-order valence-electron chi connectivity index (χ3n) is 8.56. The first-order chi connectivity index (χ1) is 24.7. The van der Waals surface area contributed by atoms with E-state index in [2.05, 4.69) is 60.7 Å². The van der Waals surface area contributed by atoms with Gasteiger partial charge in [0.2, 0.25) is 0 Å². The molecule has 262 valence electrons. The molecule has 1 N–H and O–H groups in total. The van der Waals surface area contributed by atoms with Crippen molar-refractivity contribution in [3.8, 4) is 5.75 Å². The van der Waals surface area contributed by atoms with Gasteiger partial charge < -0.3 is 47.1 Å². The zero-order valence-corrected chi connectivity index (χ0v) is 28.2. The van der Waals surface area contributed by atoms with Crippen molar-refractivity contribution in [2.45, 2.75) is 6.61 Å². The van der Waals surface area contributed by atoms with Crippen LogP contribution in [0.1, 0.15) is 5.56 Å². The van der Waals surface area contributed by atoms with Crippen LogP contribution in [-0.4, -0.2) is 91.5 Å². The number of benzene rings is 5. The number of furan rings is 2. The molecule has 7 rings (SSSR count). The molecule has 0 saturated carbocycles. The summed E-state index contributed by atoms with van der Waals surface area (Å²) in [4.78, 5) is 0. The number of fused-ring (bicyclic) bond motifs is 8. The molecule has 0 radical (unpaired) electrons. The summed E-state index contributed by atoms with van der Waals surface area (Å²) >= 11 is 0. The molecule has 0 fully saturated rings. The number of hydrogen-bond acceptors (Lipinski definition) is 10. The van der Waals surface area contributed by atoms with E-state index in [0.29, 0.717) is 79.3 Å². The summed E-state index contributed by atoms with van der Waals surface area (Å²) in [5.41, 5.74) is 4.37. The quantitative estimate of drug-likeness (QED) is 0.0817. The van der Waals surface area contributed by atoms with Gasteiger partial charge in [0.15, 0.2) is 0 Å². The number of methoxy groups -OCH3 is 1. The predicted molar refractivity (Wildman–Crippen MR) is 193 cm³/mol. The van der Waals surface area contributed by atoms with Crippen LogP contribution in [0.25, 0.3) is 65.4 Å². The molecule has 0 aliphatic heterocycles. The molecule has 0 aliphatic rings. The van der Waals surface area contributed by atoms with Crippen molar-refractivity contribution < 1.29 is 47.1 Å². The van der Waals surface area contributed by atoms with Gasteiger partial charge in [-0.1, -0.05) is 18.2 Å². The van der Waals surface area contributed by atoms with E-state index in [1.165, 1.54) is 0 Å². The van der Waals surface area contributed by atoms with E-state index in [1.54, 1.807) is 7.11 Å². The van der Waals surface area contributed by atoms with E-state index < -0.39 is 0 Å². The molecule has 10 nitrogen and oxygen atoms in total. The Balaban J connectivity index is 1.02. The maximum absolute atomic E-state index is 8.73. The summed E-state index contributed by atoms with van der Waals surface area (Å²) in [6.07, 6.45) is 0. The fourth-order valence-corrected chi connectivity index (χ4v) is 6.11. The van der Waals surface area contributed by atoms with Crippen molar-refractivity contribution in [1.29, 1.82) is 0 Å². The van der Waals surface area contributed by atoms with Crippen LogP contribution in [-0.2, 0) is 35.0 Å². The molecule has 0 saturated heterocycles. The van der Waals surface area contributed by atoms with E-state index in [1.807, 2.05) is 12.1 Å². The normalized spacial score (nSPS) is 12.1. The second kappa shape index (κ2) is 16.6. The molecule has 50 heavy (non-hydrogen) atoms. The molecule has 0 bridgehead atoms. The lowest BCUT2D eigenvalue weighted by atomic mass is 10.0. The second-order valence-corrected chi connectivity index (χ2v) is 12.0. The lowest BCUT2D eigenvalue weighted by Gasteiger charge is -2.08. The molecule has 0 spiro atoms. The van der Waals surface area contributed by atoms with Gasteiger partial charge in [-0.2, -0.15) is 0 Å². The van der Waals surface area contributed by atoms with Crippen LogP contribution in [0.5, 0.6) is 5.75 Å². The van der Waals surface area contributed by atoms with Gasteiger partial charge in [-0.25, -0.2) is 0 Å². The van der Waals surface area contributed by atoms with Crippen molar-refractivity contribution in [2.24, 2.45) is 0 Å². The molecular formula is C40H42O10. The van der Waals surface area contributed by atoms with Crippen LogP contribution in [0.2, 0.25) is 0 Å². The molecular weight excluding hydrogens is 640 g/mol. The number of ether oxygens (including phenoxy) is 7. The average molecular weight is 683 g/mol. The standard InChI is InChI=1S/C40H42O10/c1-42-8-9-44-12-13-46-16-17-48-32-5-4-29-21-34-36-25-39-35(24-40(36)50-38(34)23-31(29)19-32)33-20-28-3-2-27(18-30(28)22-37(33)49-39)26-47-15-14-45-11-10-43-7-6-41/h2-5,18-25,41H,6-17,26H2,1H3. The summed E-state index contributed by atoms with van der Waals surface area (Å²) in [5.74, 6) is 0.784. The Hall–Kier alpha value is -4.26. The number of aliphatic hydroxyl groups excluding tert-OH is 1. The Morgan fingerprint density at radius 1 is 0.460 bits per heavy atom. The highest BCUT2D eigenvalue weighted by Crippen LogP contribution is 2.39. The largest absolute Gasteiger partial charge is 0.491 e. The Bertz CT molecular complexity index is 2030. The molecule has 2 heterocycles. The minimum Gasteiger partial charge on any atom is -0.491 e. The first-order valence-electron chi connectivity index (χ1n) is 17.0. The molecule has 0 amide bonds. The van der Waals surface area contributed by atoms with Crippen LogP contribution >= 0.6 is 0 Å². The molecule has 2 aromatic heterocycles. The van der Waals surface area contributed by atoms with E-state index in [4.69, 9.17) is 47.1 Å². The van der Waals surface area contributed by atoms with Gasteiger partial charge in [0.1, 0.15) is 34.7 Å². The van der Waals surface area contributed by atoms with Crippen LogP contribution in [0.15, 0.2) is 81.6 Å². The van der Waals surface area contributed by atoms with E-state index in [0.717, 1.165) is 76.7 Å². The van der Waals surface area contributed by atoms with E-state index in [-0.39, 0.29) is 6.61 Å². The Kier molecular flexibility index (Phi) is 11.4. The Labute approximate surface area is 289 Å². The van der Waals surface area contributed by atoms with Crippen molar-refractivity contribution in [1.82, 2.24) is 0 Å². The van der Waals surface area contributed by atoms with Gasteiger partial charge in [0.05, 0.1) is 79.3 Å². The molecule has 0 unspecified atom stereocenters. The fourth-order valence-electron chi connectivity index (χ4n) is 6.11. The van der Waals surface area contributed by atoms with Gasteiger partial charge in [0, 0.05) is 28.7 Å². The van der Waals surface area contributed by atoms with Crippen LogP contribution in [0, 0.1) is 0 Å². The summed E-state index contributed by atoms with van der Waals surface area (Å²) in [6.45, 7) is 5.90. The van der Waals surface area contributed by atoms with Crippen molar-refractivity contribution in [3.05, 3.63) is 78.4 Å². The van der Waals surface area contributed by atoms with Crippen LogP contribution in [0.4, 0.5) is 0 Å². The van der Waals surface area contributed by atoms with Crippen molar-refractivity contribution >= 4 is 65.4 Å². The highest BCUT2D eigenvalue weighted by atomic mass is 16.6. The lowest BCUT2D eigenvalue weighted by molar-refractivity contribution is 0.00452. The van der Waals surface area contributed by atoms with Gasteiger partial charge in [-0.3, -0.25) is 0 Å². The predicted octanol–water partition coefficient (Wildman–Crippen LogP) is 7.39. The fraction of sp³-hybridized carbons (Fsp3) is 0.350.